The molecule has 0 saturated carbocycles. The molecule has 0 bridgehead atoms. The van der Waals surface area contributed by atoms with Gasteiger partial charge in [0.15, 0.2) is 0 Å². The summed E-state index contributed by atoms with van der Waals surface area (Å²) in [6.07, 6.45) is 0. The number of hydrogen-bond donors (Lipinski definition) is 2. The molecule has 0 saturated heterocycles. The van der Waals surface area contributed by atoms with E-state index in [2.05, 4.69) is 20.6 Å². The lowest BCUT2D eigenvalue weighted by Crippen LogP contribution is -2.30. The van der Waals surface area contributed by atoms with E-state index in [0.29, 0.717) is 19.0 Å². The Kier molecular flexibility index (Phi) is 6.03. The Morgan fingerprint density at radius 3 is 2.83 bits per heavy atom. The average Bonchev–Trinajstić information content (AvgIpc) is 2.34. The summed E-state index contributed by atoms with van der Waals surface area (Å²) in [6.45, 7) is 3.16. The van der Waals surface area contributed by atoms with Crippen LogP contribution in [-0.2, 0) is 9.53 Å². The zero-order chi connectivity index (χ0) is 13.4. The van der Waals surface area contributed by atoms with Crippen LogP contribution in [0.2, 0.25) is 0 Å². The summed E-state index contributed by atoms with van der Waals surface area (Å²) in [5, 5.41) is 5.52. The lowest BCUT2D eigenvalue weighted by atomic mass is 10.4. The lowest BCUT2D eigenvalue weighted by Gasteiger charge is -2.07. The van der Waals surface area contributed by atoms with E-state index >= 15 is 0 Å². The van der Waals surface area contributed by atoms with Crippen LogP contribution in [0.15, 0.2) is 6.07 Å². The number of anilines is 1. The highest BCUT2D eigenvalue weighted by Crippen LogP contribution is 2.10. The van der Waals surface area contributed by atoms with Crippen LogP contribution in [0, 0.1) is 6.92 Å². The molecule has 7 nitrogen and oxygen atoms in total. The highest BCUT2D eigenvalue weighted by atomic mass is 16.5. The standard InChI is InChI=1S/C11H18N4O3/c1-8-6-10(18-3)15-11(13-8)14-9(16)7-12-4-5-17-2/h6,12H,4-5,7H2,1-3H3,(H,13,14,15,16). The molecule has 1 rings (SSSR count). The summed E-state index contributed by atoms with van der Waals surface area (Å²) in [7, 11) is 3.12. The first-order chi connectivity index (χ1) is 8.65. The van der Waals surface area contributed by atoms with Crippen LogP contribution >= 0.6 is 0 Å². The Balaban J connectivity index is 2.46. The minimum atomic E-state index is -0.209. The molecular weight excluding hydrogens is 236 g/mol. The summed E-state index contributed by atoms with van der Waals surface area (Å²) >= 11 is 0. The smallest absolute Gasteiger partial charge is 0.240 e. The minimum absolute atomic E-state index is 0.184. The van der Waals surface area contributed by atoms with E-state index in [0.717, 1.165) is 5.69 Å². The van der Waals surface area contributed by atoms with Crippen LogP contribution in [0.5, 0.6) is 5.88 Å². The van der Waals surface area contributed by atoms with Crippen molar-refractivity contribution >= 4 is 11.9 Å². The predicted octanol–water partition coefficient (Wildman–Crippen LogP) is -0.0319. The predicted molar refractivity (Wildman–Crippen MR) is 66.7 cm³/mol. The Morgan fingerprint density at radius 1 is 1.39 bits per heavy atom. The number of nitrogens with zero attached hydrogens (tertiary/aromatic N) is 2. The number of ether oxygens (including phenoxy) is 2. The molecule has 0 aliphatic rings. The monoisotopic (exact) mass is 254 g/mol. The molecule has 0 aliphatic carbocycles. The SMILES string of the molecule is COCCNCC(=O)Nc1nc(C)cc(OC)n1. The van der Waals surface area contributed by atoms with E-state index in [-0.39, 0.29) is 18.4 Å². The van der Waals surface area contributed by atoms with Gasteiger partial charge >= 0.3 is 0 Å². The van der Waals surface area contributed by atoms with Gasteiger partial charge in [0.25, 0.3) is 0 Å². The summed E-state index contributed by atoms with van der Waals surface area (Å²) in [6, 6.07) is 1.69. The second-order valence-electron chi connectivity index (χ2n) is 3.59. The van der Waals surface area contributed by atoms with E-state index in [9.17, 15) is 4.79 Å². The summed E-state index contributed by atoms with van der Waals surface area (Å²) in [4.78, 5) is 19.7. The lowest BCUT2D eigenvalue weighted by molar-refractivity contribution is -0.115. The van der Waals surface area contributed by atoms with E-state index in [4.69, 9.17) is 9.47 Å². The molecule has 0 spiro atoms. The Bertz CT molecular complexity index is 398. The van der Waals surface area contributed by atoms with Gasteiger partial charge in [-0.3, -0.25) is 10.1 Å². The number of aromatic nitrogens is 2. The van der Waals surface area contributed by atoms with Gasteiger partial charge < -0.3 is 14.8 Å². The fourth-order valence-electron chi connectivity index (χ4n) is 1.25. The van der Waals surface area contributed by atoms with E-state index in [1.807, 2.05) is 0 Å². The summed E-state index contributed by atoms with van der Waals surface area (Å²) in [5.74, 6) is 0.453. The number of hydrogen-bond acceptors (Lipinski definition) is 6. The van der Waals surface area contributed by atoms with Gasteiger partial charge in [-0.05, 0) is 6.92 Å². The van der Waals surface area contributed by atoms with Crippen molar-refractivity contribution in [1.82, 2.24) is 15.3 Å². The molecule has 1 amide bonds. The first-order valence-corrected chi connectivity index (χ1v) is 5.55. The molecule has 0 aliphatic heterocycles. The van der Waals surface area contributed by atoms with Gasteiger partial charge in [-0.1, -0.05) is 0 Å². The van der Waals surface area contributed by atoms with Gasteiger partial charge in [-0.15, -0.1) is 0 Å². The summed E-state index contributed by atoms with van der Waals surface area (Å²) in [5.41, 5.74) is 0.726. The topological polar surface area (TPSA) is 85.4 Å². The van der Waals surface area contributed by atoms with Crippen LogP contribution in [0.4, 0.5) is 5.95 Å². The highest BCUT2D eigenvalue weighted by Gasteiger charge is 2.06. The average molecular weight is 254 g/mol. The van der Waals surface area contributed by atoms with Gasteiger partial charge in [0, 0.05) is 25.4 Å². The zero-order valence-corrected chi connectivity index (χ0v) is 10.8. The molecule has 0 aromatic carbocycles. The second kappa shape index (κ2) is 7.57. The van der Waals surface area contributed by atoms with Crippen molar-refractivity contribution in [2.45, 2.75) is 6.92 Å². The molecule has 0 fully saturated rings. The number of amides is 1. The third-order valence-electron chi connectivity index (χ3n) is 2.06. The molecule has 0 radical (unpaired) electrons. The molecule has 1 heterocycles. The van der Waals surface area contributed by atoms with Crippen LogP contribution in [0.25, 0.3) is 0 Å². The molecule has 1 aromatic rings. The van der Waals surface area contributed by atoms with Crippen molar-refractivity contribution in [3.05, 3.63) is 11.8 Å². The first-order valence-electron chi connectivity index (χ1n) is 5.55. The third kappa shape index (κ3) is 5.07. The number of nitrogens with one attached hydrogen (secondary N) is 2. The van der Waals surface area contributed by atoms with Crippen molar-refractivity contribution < 1.29 is 14.3 Å². The Labute approximate surface area is 106 Å². The van der Waals surface area contributed by atoms with Crippen molar-refractivity contribution in [3.8, 4) is 5.88 Å². The van der Waals surface area contributed by atoms with Gasteiger partial charge in [0.2, 0.25) is 17.7 Å². The zero-order valence-electron chi connectivity index (χ0n) is 10.8. The van der Waals surface area contributed by atoms with Crippen LogP contribution in [0.3, 0.4) is 0 Å². The van der Waals surface area contributed by atoms with Crippen molar-refractivity contribution in [2.75, 3.05) is 39.2 Å². The molecule has 100 valence electrons. The Morgan fingerprint density at radius 2 is 2.17 bits per heavy atom. The number of rotatable bonds is 7. The maximum Gasteiger partial charge on any atom is 0.240 e. The van der Waals surface area contributed by atoms with Crippen molar-refractivity contribution in [1.29, 1.82) is 0 Å². The van der Waals surface area contributed by atoms with Crippen LogP contribution in [-0.4, -0.2) is 49.8 Å². The minimum Gasteiger partial charge on any atom is -0.481 e. The van der Waals surface area contributed by atoms with Gasteiger partial charge in [-0.25, -0.2) is 4.98 Å². The quantitative estimate of drug-likeness (QED) is 0.665. The maximum absolute atomic E-state index is 11.6. The number of methoxy groups -OCH3 is 2. The van der Waals surface area contributed by atoms with Gasteiger partial charge in [0.1, 0.15) is 0 Å². The molecule has 7 heteroatoms. The fourth-order valence-corrected chi connectivity index (χ4v) is 1.25. The highest BCUT2D eigenvalue weighted by molar-refractivity contribution is 5.90. The molecule has 0 unspecified atom stereocenters. The van der Waals surface area contributed by atoms with Crippen molar-refractivity contribution in [3.63, 3.8) is 0 Å². The third-order valence-corrected chi connectivity index (χ3v) is 2.06. The van der Waals surface area contributed by atoms with Crippen molar-refractivity contribution in [2.24, 2.45) is 0 Å². The first kappa shape index (κ1) is 14.3. The van der Waals surface area contributed by atoms with Gasteiger partial charge in [0.05, 0.1) is 20.3 Å². The molecule has 18 heavy (non-hydrogen) atoms. The van der Waals surface area contributed by atoms with Crippen LogP contribution in [0.1, 0.15) is 5.69 Å². The van der Waals surface area contributed by atoms with E-state index in [1.165, 1.54) is 7.11 Å². The Hall–Kier alpha value is -1.73. The summed E-state index contributed by atoms with van der Waals surface area (Å²) < 4.78 is 9.85. The fraction of sp³-hybridized carbons (Fsp3) is 0.545. The molecule has 2 N–H and O–H groups in total. The number of carbonyl (C=O) groups excluding carboxylic acids is 1. The molecular formula is C11H18N4O3. The number of carbonyl (C=O) groups is 1. The maximum atomic E-state index is 11.6. The normalized spacial score (nSPS) is 10.2. The number of aryl methyl sites for hydroxylation is 1. The van der Waals surface area contributed by atoms with E-state index in [1.54, 1.807) is 20.1 Å². The van der Waals surface area contributed by atoms with Gasteiger partial charge in [-0.2, -0.15) is 4.98 Å². The van der Waals surface area contributed by atoms with E-state index < -0.39 is 0 Å². The molecule has 1 aromatic heterocycles. The van der Waals surface area contributed by atoms with Crippen LogP contribution < -0.4 is 15.4 Å². The second-order valence-corrected chi connectivity index (χ2v) is 3.59. The largest absolute Gasteiger partial charge is 0.481 e. The molecule has 0 atom stereocenters.